The Morgan fingerprint density at radius 3 is 2.57 bits per heavy atom. The summed E-state index contributed by atoms with van der Waals surface area (Å²) in [4.78, 5) is 27.7. The molecule has 0 aromatic heterocycles. The summed E-state index contributed by atoms with van der Waals surface area (Å²) >= 11 is 0. The molecule has 184 valence electrons. The monoisotopic (exact) mass is 474 g/mol. The van der Waals surface area contributed by atoms with Crippen LogP contribution in [0.25, 0.3) is 0 Å². The average Bonchev–Trinajstić information content (AvgIpc) is 2.84. The highest BCUT2D eigenvalue weighted by Gasteiger charge is 2.34. The first kappa shape index (κ1) is 23.6. The van der Waals surface area contributed by atoms with Gasteiger partial charge >= 0.3 is 5.97 Å². The van der Waals surface area contributed by atoms with Gasteiger partial charge in [-0.15, -0.1) is 0 Å². The van der Waals surface area contributed by atoms with Crippen molar-refractivity contribution in [2.45, 2.75) is 63.3 Å². The van der Waals surface area contributed by atoms with Crippen molar-refractivity contribution in [1.29, 1.82) is 0 Å². The Morgan fingerprint density at radius 1 is 0.971 bits per heavy atom. The van der Waals surface area contributed by atoms with Gasteiger partial charge in [-0.3, -0.25) is 9.69 Å². The molecule has 1 unspecified atom stereocenters. The molecule has 6 heteroatoms. The molecule has 1 aliphatic carbocycles. The second kappa shape index (κ2) is 10.6. The van der Waals surface area contributed by atoms with Crippen LogP contribution in [0, 0.1) is 0 Å². The number of carbonyl (C=O) groups is 2. The number of ether oxygens (including phenoxy) is 1. The molecule has 0 spiro atoms. The molecule has 0 bridgehead atoms. The zero-order valence-electron chi connectivity index (χ0n) is 20.2. The molecular weight excluding hydrogens is 440 g/mol. The number of rotatable bonds is 5. The topological polar surface area (TPSA) is 78.9 Å². The molecule has 5 rings (SSSR count). The summed E-state index contributed by atoms with van der Waals surface area (Å²) in [7, 11) is 0. The number of para-hydroxylation sites is 1. The van der Waals surface area contributed by atoms with Gasteiger partial charge < -0.3 is 15.2 Å². The number of likely N-dealkylation sites (tertiary alicyclic amines) is 1. The van der Waals surface area contributed by atoms with Gasteiger partial charge in [-0.1, -0.05) is 42.7 Å². The lowest BCUT2D eigenvalue weighted by molar-refractivity contribution is -0.122. The normalized spacial score (nSPS) is 22.4. The summed E-state index contributed by atoms with van der Waals surface area (Å²) < 4.78 is 6.00. The highest BCUT2D eigenvalue weighted by molar-refractivity contribution is 5.92. The van der Waals surface area contributed by atoms with E-state index >= 15 is 0 Å². The summed E-state index contributed by atoms with van der Waals surface area (Å²) in [5.41, 5.74) is 3.11. The molecule has 1 fully saturated rings. The molecule has 6 nitrogen and oxygen atoms in total. The minimum Gasteiger partial charge on any atom is -0.478 e. The standard InChI is InChI=1S/C29H34N2O4/c32-28(30-22-14-16-31(17-15-22)19-20-8-4-2-1-3-5-9-20)27-23-10-6-7-11-25(23)35-26-13-12-21(29(33)34)18-24(26)27/h6-8,10-13,18,22,27H,1-5,9,14-17,19H2,(H,30,32)(H,33,34)/b20-8+. The van der Waals surface area contributed by atoms with Crippen LogP contribution < -0.4 is 10.1 Å². The first-order valence-electron chi connectivity index (χ1n) is 12.9. The zero-order chi connectivity index (χ0) is 24.2. The van der Waals surface area contributed by atoms with Crippen molar-refractivity contribution in [3.8, 4) is 11.5 Å². The second-order valence-corrected chi connectivity index (χ2v) is 10.0. The second-order valence-electron chi connectivity index (χ2n) is 10.0. The van der Waals surface area contributed by atoms with E-state index in [2.05, 4.69) is 16.3 Å². The third-order valence-electron chi connectivity index (χ3n) is 7.53. The Bertz CT molecular complexity index is 1120. The van der Waals surface area contributed by atoms with Crippen LogP contribution in [0.15, 0.2) is 54.1 Å². The number of carboxylic acids is 1. The first-order chi connectivity index (χ1) is 17.1. The van der Waals surface area contributed by atoms with E-state index in [0.29, 0.717) is 17.1 Å². The van der Waals surface area contributed by atoms with Crippen LogP contribution >= 0.6 is 0 Å². The number of fused-ring (bicyclic) bond motifs is 2. The van der Waals surface area contributed by atoms with Crippen LogP contribution in [-0.2, 0) is 4.79 Å². The lowest BCUT2D eigenvalue weighted by Gasteiger charge is -2.34. The fourth-order valence-electron chi connectivity index (χ4n) is 5.59. The maximum Gasteiger partial charge on any atom is 0.335 e. The molecular formula is C29H34N2O4. The molecule has 2 aliphatic heterocycles. The van der Waals surface area contributed by atoms with E-state index in [0.717, 1.165) is 38.0 Å². The van der Waals surface area contributed by atoms with Crippen LogP contribution in [0.1, 0.15) is 78.8 Å². The van der Waals surface area contributed by atoms with E-state index in [9.17, 15) is 14.7 Å². The van der Waals surface area contributed by atoms with Crippen molar-refractivity contribution in [3.63, 3.8) is 0 Å². The van der Waals surface area contributed by atoms with Gasteiger partial charge in [0.15, 0.2) is 0 Å². The van der Waals surface area contributed by atoms with Crippen LogP contribution in [0.4, 0.5) is 0 Å². The van der Waals surface area contributed by atoms with Gasteiger partial charge in [0.2, 0.25) is 5.91 Å². The van der Waals surface area contributed by atoms with E-state index in [4.69, 9.17) is 4.74 Å². The Labute approximate surface area is 207 Å². The van der Waals surface area contributed by atoms with Crippen molar-refractivity contribution < 1.29 is 19.4 Å². The van der Waals surface area contributed by atoms with Gasteiger partial charge in [0.05, 0.1) is 11.5 Å². The number of nitrogens with one attached hydrogen (secondary N) is 1. The maximum atomic E-state index is 13.6. The van der Waals surface area contributed by atoms with Crippen LogP contribution in [0.2, 0.25) is 0 Å². The largest absolute Gasteiger partial charge is 0.478 e. The summed E-state index contributed by atoms with van der Waals surface area (Å²) in [5.74, 6) is -0.516. The molecule has 2 aromatic carbocycles. The summed E-state index contributed by atoms with van der Waals surface area (Å²) in [6.07, 6.45) is 12.0. The number of piperidine rings is 1. The number of nitrogens with zero attached hydrogens (tertiary/aromatic N) is 1. The fraction of sp³-hybridized carbons (Fsp3) is 0.448. The predicted molar refractivity (Wildman–Crippen MR) is 135 cm³/mol. The zero-order valence-corrected chi connectivity index (χ0v) is 20.2. The lowest BCUT2D eigenvalue weighted by atomic mass is 9.86. The molecule has 1 amide bonds. The first-order valence-corrected chi connectivity index (χ1v) is 12.9. The molecule has 1 atom stereocenters. The number of hydrogen-bond acceptors (Lipinski definition) is 4. The van der Waals surface area contributed by atoms with Gasteiger partial charge in [-0.25, -0.2) is 4.79 Å². The van der Waals surface area contributed by atoms with E-state index in [1.807, 2.05) is 24.3 Å². The number of allylic oxidation sites excluding steroid dienone is 1. The molecule has 3 aliphatic rings. The summed E-state index contributed by atoms with van der Waals surface area (Å²) in [6.45, 7) is 3.01. The summed E-state index contributed by atoms with van der Waals surface area (Å²) in [6, 6.07) is 12.4. The minimum atomic E-state index is -1.02. The van der Waals surface area contributed by atoms with Crippen molar-refractivity contribution in [3.05, 3.63) is 70.8 Å². The number of carboxylic acid groups (broad SMARTS) is 1. The number of amides is 1. The van der Waals surface area contributed by atoms with Crippen molar-refractivity contribution >= 4 is 11.9 Å². The van der Waals surface area contributed by atoms with E-state index in [1.54, 1.807) is 17.7 Å². The summed E-state index contributed by atoms with van der Waals surface area (Å²) in [5, 5.41) is 12.8. The number of aromatic carboxylic acids is 1. The molecule has 35 heavy (non-hydrogen) atoms. The minimum absolute atomic E-state index is 0.0919. The van der Waals surface area contributed by atoms with Crippen LogP contribution in [-0.4, -0.2) is 47.6 Å². The molecule has 2 N–H and O–H groups in total. The predicted octanol–water partition coefficient (Wildman–Crippen LogP) is 5.48. The molecule has 0 saturated carbocycles. The number of carbonyl (C=O) groups excluding carboxylic acids is 1. The van der Waals surface area contributed by atoms with Gasteiger partial charge in [0.1, 0.15) is 11.5 Å². The van der Waals surface area contributed by atoms with Gasteiger partial charge in [-0.2, -0.15) is 0 Å². The van der Waals surface area contributed by atoms with Crippen molar-refractivity contribution in [2.24, 2.45) is 0 Å². The smallest absolute Gasteiger partial charge is 0.335 e. The van der Waals surface area contributed by atoms with Crippen LogP contribution in [0.3, 0.4) is 0 Å². The Morgan fingerprint density at radius 2 is 1.74 bits per heavy atom. The van der Waals surface area contributed by atoms with E-state index < -0.39 is 11.9 Å². The van der Waals surface area contributed by atoms with Crippen molar-refractivity contribution in [1.82, 2.24) is 10.2 Å². The molecule has 2 heterocycles. The maximum absolute atomic E-state index is 13.6. The highest BCUT2D eigenvalue weighted by Crippen LogP contribution is 2.44. The van der Waals surface area contributed by atoms with Gasteiger partial charge in [-0.05, 0) is 62.8 Å². The van der Waals surface area contributed by atoms with Crippen molar-refractivity contribution in [2.75, 3.05) is 19.6 Å². The fourth-order valence-corrected chi connectivity index (χ4v) is 5.59. The quantitative estimate of drug-likeness (QED) is 0.561. The number of hydrogen-bond donors (Lipinski definition) is 2. The highest BCUT2D eigenvalue weighted by atomic mass is 16.5. The average molecular weight is 475 g/mol. The Hall–Kier alpha value is -3.12. The van der Waals surface area contributed by atoms with Crippen LogP contribution in [0.5, 0.6) is 11.5 Å². The van der Waals surface area contributed by atoms with E-state index in [-0.39, 0.29) is 17.5 Å². The van der Waals surface area contributed by atoms with Gasteiger partial charge in [0, 0.05) is 36.8 Å². The Balaban J connectivity index is 1.26. The third kappa shape index (κ3) is 5.43. The number of benzene rings is 2. The van der Waals surface area contributed by atoms with E-state index in [1.165, 1.54) is 44.6 Å². The Kier molecular flexibility index (Phi) is 7.19. The molecule has 0 radical (unpaired) electrons. The third-order valence-corrected chi connectivity index (χ3v) is 7.53. The lowest BCUT2D eigenvalue weighted by Crippen LogP contribution is -2.46. The molecule has 1 saturated heterocycles. The SMILES string of the molecule is O=C(O)c1ccc2c(c1)C(C(=O)NC1CCN(C/C3=C/CCCCCC3)CC1)c1ccccc1O2. The van der Waals surface area contributed by atoms with Gasteiger partial charge in [0.25, 0.3) is 0 Å². The molecule has 2 aromatic rings.